The van der Waals surface area contributed by atoms with E-state index in [0.717, 1.165) is 39.1 Å². The summed E-state index contributed by atoms with van der Waals surface area (Å²) in [6.07, 6.45) is 5.54. The van der Waals surface area contributed by atoms with Gasteiger partial charge >= 0.3 is 0 Å². The van der Waals surface area contributed by atoms with Crippen LogP contribution < -0.4 is 5.73 Å². The second-order valence-electron chi connectivity index (χ2n) is 5.01. The number of hydrogen-bond acceptors (Lipinski definition) is 3. The van der Waals surface area contributed by atoms with Gasteiger partial charge in [0.2, 0.25) is 0 Å². The lowest BCUT2D eigenvalue weighted by Crippen LogP contribution is -2.54. The van der Waals surface area contributed by atoms with Crippen molar-refractivity contribution in [1.29, 1.82) is 0 Å². The Hall–Kier alpha value is -0.380. The zero-order chi connectivity index (χ0) is 10.7. The van der Waals surface area contributed by atoms with Gasteiger partial charge in [0.1, 0.15) is 0 Å². The van der Waals surface area contributed by atoms with Crippen molar-refractivity contribution >= 4 is 0 Å². The fourth-order valence-corrected chi connectivity index (χ4v) is 2.34. The maximum Gasteiger partial charge on any atom is 0.0484 e. The van der Waals surface area contributed by atoms with Gasteiger partial charge in [0, 0.05) is 38.4 Å². The Morgan fingerprint density at radius 1 is 1.47 bits per heavy atom. The molecule has 2 N–H and O–H groups in total. The van der Waals surface area contributed by atoms with Gasteiger partial charge in [-0.15, -0.1) is 0 Å². The van der Waals surface area contributed by atoms with Crippen molar-refractivity contribution in [3.8, 4) is 0 Å². The summed E-state index contributed by atoms with van der Waals surface area (Å²) >= 11 is 0. The molecule has 0 aromatic carbocycles. The van der Waals surface area contributed by atoms with E-state index in [1.54, 1.807) is 0 Å². The Balaban J connectivity index is 1.85. The Bertz CT molecular complexity index is 244. The molecule has 0 spiro atoms. The minimum atomic E-state index is -0.00264. The van der Waals surface area contributed by atoms with Gasteiger partial charge in [0.25, 0.3) is 0 Å². The van der Waals surface area contributed by atoms with Gasteiger partial charge in [-0.2, -0.15) is 0 Å². The molecule has 15 heavy (non-hydrogen) atoms. The van der Waals surface area contributed by atoms with Gasteiger partial charge in [-0.3, -0.25) is 4.90 Å². The van der Waals surface area contributed by atoms with Crippen LogP contribution in [-0.4, -0.2) is 43.3 Å². The second kappa shape index (κ2) is 4.64. The number of ether oxygens (including phenoxy) is 1. The summed E-state index contributed by atoms with van der Waals surface area (Å²) in [6.45, 7) is 7.15. The van der Waals surface area contributed by atoms with Crippen LogP contribution in [0.25, 0.3) is 0 Å². The number of nitrogens with zero attached hydrogens (tertiary/aromatic N) is 1. The summed E-state index contributed by atoms with van der Waals surface area (Å²) in [5, 5.41) is 0. The van der Waals surface area contributed by atoms with E-state index in [2.05, 4.69) is 17.9 Å². The fourth-order valence-electron chi connectivity index (χ4n) is 2.34. The van der Waals surface area contributed by atoms with Crippen molar-refractivity contribution in [3.63, 3.8) is 0 Å². The SMILES string of the molecule is CC1=CCN(CC2(N)CCOCC2)CC1. The molecule has 0 radical (unpaired) electrons. The summed E-state index contributed by atoms with van der Waals surface area (Å²) in [4.78, 5) is 2.47. The zero-order valence-corrected chi connectivity index (χ0v) is 9.67. The lowest BCUT2D eigenvalue weighted by molar-refractivity contribution is 0.0388. The highest BCUT2D eigenvalue weighted by Gasteiger charge is 2.30. The summed E-state index contributed by atoms with van der Waals surface area (Å²) < 4.78 is 5.36. The number of hydrogen-bond donors (Lipinski definition) is 1. The van der Waals surface area contributed by atoms with Gasteiger partial charge in [0.15, 0.2) is 0 Å². The Morgan fingerprint density at radius 3 is 2.80 bits per heavy atom. The monoisotopic (exact) mass is 210 g/mol. The predicted molar refractivity (Wildman–Crippen MR) is 61.8 cm³/mol. The quantitative estimate of drug-likeness (QED) is 0.695. The van der Waals surface area contributed by atoms with Crippen molar-refractivity contribution in [3.05, 3.63) is 11.6 Å². The van der Waals surface area contributed by atoms with E-state index in [9.17, 15) is 0 Å². The predicted octanol–water partition coefficient (Wildman–Crippen LogP) is 1.15. The largest absolute Gasteiger partial charge is 0.381 e. The first kappa shape index (κ1) is 11.1. The van der Waals surface area contributed by atoms with E-state index in [-0.39, 0.29) is 5.54 Å². The van der Waals surface area contributed by atoms with Crippen LogP contribution >= 0.6 is 0 Å². The van der Waals surface area contributed by atoms with Crippen molar-refractivity contribution in [1.82, 2.24) is 4.90 Å². The molecular weight excluding hydrogens is 188 g/mol. The molecule has 2 aliphatic heterocycles. The van der Waals surface area contributed by atoms with Crippen molar-refractivity contribution in [2.45, 2.75) is 31.7 Å². The molecule has 3 nitrogen and oxygen atoms in total. The molecule has 1 fully saturated rings. The first-order chi connectivity index (χ1) is 7.18. The van der Waals surface area contributed by atoms with Gasteiger partial charge < -0.3 is 10.5 Å². The van der Waals surface area contributed by atoms with Gasteiger partial charge in [-0.25, -0.2) is 0 Å². The van der Waals surface area contributed by atoms with Crippen LogP contribution in [0.4, 0.5) is 0 Å². The highest BCUT2D eigenvalue weighted by molar-refractivity contribution is 5.05. The molecule has 0 amide bonds. The van der Waals surface area contributed by atoms with Crippen LogP contribution in [0.5, 0.6) is 0 Å². The van der Waals surface area contributed by atoms with Crippen LogP contribution in [0.2, 0.25) is 0 Å². The average molecular weight is 210 g/mol. The topological polar surface area (TPSA) is 38.5 Å². The zero-order valence-electron chi connectivity index (χ0n) is 9.67. The highest BCUT2D eigenvalue weighted by Crippen LogP contribution is 2.20. The molecular formula is C12H22N2O. The van der Waals surface area contributed by atoms with Crippen molar-refractivity contribution < 1.29 is 4.74 Å². The Morgan fingerprint density at radius 2 is 2.20 bits per heavy atom. The molecule has 2 heterocycles. The molecule has 0 aromatic heterocycles. The van der Waals surface area contributed by atoms with E-state index in [1.165, 1.54) is 18.5 Å². The van der Waals surface area contributed by atoms with E-state index in [4.69, 9.17) is 10.5 Å². The smallest absolute Gasteiger partial charge is 0.0484 e. The lowest BCUT2D eigenvalue weighted by Gasteiger charge is -2.38. The maximum absolute atomic E-state index is 6.38. The standard InChI is InChI=1S/C12H22N2O/c1-11-2-6-14(7-3-11)10-12(13)4-8-15-9-5-12/h2H,3-10,13H2,1H3. The summed E-state index contributed by atoms with van der Waals surface area (Å²) in [7, 11) is 0. The summed E-state index contributed by atoms with van der Waals surface area (Å²) in [5.74, 6) is 0. The van der Waals surface area contributed by atoms with Crippen LogP contribution in [-0.2, 0) is 4.74 Å². The summed E-state index contributed by atoms with van der Waals surface area (Å²) in [5.41, 5.74) is 7.90. The molecule has 3 heteroatoms. The maximum atomic E-state index is 6.38. The second-order valence-corrected chi connectivity index (χ2v) is 5.01. The number of nitrogens with two attached hydrogens (primary N) is 1. The third-order valence-electron chi connectivity index (χ3n) is 3.55. The van der Waals surface area contributed by atoms with E-state index < -0.39 is 0 Å². The molecule has 2 rings (SSSR count). The molecule has 0 atom stereocenters. The average Bonchev–Trinajstić information content (AvgIpc) is 2.22. The summed E-state index contributed by atoms with van der Waals surface area (Å²) in [6, 6.07) is 0. The van der Waals surface area contributed by atoms with Crippen LogP contribution in [0.1, 0.15) is 26.2 Å². The highest BCUT2D eigenvalue weighted by atomic mass is 16.5. The van der Waals surface area contributed by atoms with Gasteiger partial charge in [0.05, 0.1) is 0 Å². The van der Waals surface area contributed by atoms with Crippen LogP contribution in [0, 0.1) is 0 Å². The molecule has 0 bridgehead atoms. The Kier molecular flexibility index (Phi) is 3.44. The third-order valence-corrected chi connectivity index (χ3v) is 3.55. The minimum absolute atomic E-state index is 0.00264. The fraction of sp³-hybridized carbons (Fsp3) is 0.833. The lowest BCUT2D eigenvalue weighted by atomic mass is 9.90. The molecule has 0 aliphatic carbocycles. The van der Waals surface area contributed by atoms with Gasteiger partial charge in [-0.1, -0.05) is 11.6 Å². The van der Waals surface area contributed by atoms with Crippen molar-refractivity contribution in [2.24, 2.45) is 5.73 Å². The normalized spacial score (nSPS) is 27.5. The van der Waals surface area contributed by atoms with Crippen LogP contribution in [0.3, 0.4) is 0 Å². The molecule has 1 saturated heterocycles. The molecule has 2 aliphatic rings. The van der Waals surface area contributed by atoms with Crippen molar-refractivity contribution in [2.75, 3.05) is 32.8 Å². The molecule has 0 unspecified atom stereocenters. The van der Waals surface area contributed by atoms with E-state index in [1.807, 2.05) is 0 Å². The minimum Gasteiger partial charge on any atom is -0.381 e. The first-order valence-electron chi connectivity index (χ1n) is 5.93. The Labute approximate surface area is 92.3 Å². The first-order valence-corrected chi connectivity index (χ1v) is 5.93. The molecule has 0 aromatic rings. The molecule has 0 saturated carbocycles. The number of rotatable bonds is 2. The van der Waals surface area contributed by atoms with Crippen LogP contribution in [0.15, 0.2) is 11.6 Å². The molecule has 86 valence electrons. The van der Waals surface area contributed by atoms with E-state index in [0.29, 0.717) is 0 Å². The third kappa shape index (κ3) is 3.03. The van der Waals surface area contributed by atoms with E-state index >= 15 is 0 Å². The van der Waals surface area contributed by atoms with Gasteiger partial charge in [-0.05, 0) is 26.2 Å².